The van der Waals surface area contributed by atoms with E-state index in [1.54, 1.807) is 0 Å². The maximum Gasteiger partial charge on any atom is 0.343 e. The number of nitrogens with zero attached hydrogens (tertiary/aromatic N) is 1. The van der Waals surface area contributed by atoms with E-state index in [1.165, 1.54) is 4.90 Å². The molecule has 1 N–H and O–H groups in total. The minimum absolute atomic E-state index is 0.0244. The summed E-state index contributed by atoms with van der Waals surface area (Å²) in [5.41, 5.74) is -2.24. The molecule has 5 heteroatoms. The molecule has 2 rings (SSSR count). The number of carbonyl (C=O) groups excluding carboxylic acids is 1. The summed E-state index contributed by atoms with van der Waals surface area (Å²) in [7, 11) is 0. The van der Waals surface area contributed by atoms with Gasteiger partial charge >= 0.3 is 5.97 Å². The molecular formula is C13H20FNO3. The third-order valence-corrected chi connectivity index (χ3v) is 4.12. The van der Waals surface area contributed by atoms with Crippen molar-refractivity contribution in [2.75, 3.05) is 13.1 Å². The van der Waals surface area contributed by atoms with Crippen LogP contribution < -0.4 is 0 Å². The Morgan fingerprint density at radius 3 is 2.28 bits per heavy atom. The van der Waals surface area contributed by atoms with Gasteiger partial charge in [0.05, 0.1) is 6.54 Å². The predicted molar refractivity (Wildman–Crippen MR) is 63.9 cm³/mol. The SMILES string of the molecule is O=C(C1CCCCCC1)N1CCC(F)(C(=O)O)C1. The van der Waals surface area contributed by atoms with Crippen molar-refractivity contribution >= 4 is 11.9 Å². The van der Waals surface area contributed by atoms with E-state index in [2.05, 4.69) is 0 Å². The minimum atomic E-state index is -2.24. The van der Waals surface area contributed by atoms with E-state index in [4.69, 9.17) is 5.11 Å². The summed E-state index contributed by atoms with van der Waals surface area (Å²) in [6, 6.07) is 0. The second kappa shape index (κ2) is 5.24. The monoisotopic (exact) mass is 257 g/mol. The van der Waals surface area contributed by atoms with Gasteiger partial charge in [-0.05, 0) is 12.8 Å². The maximum atomic E-state index is 13.9. The van der Waals surface area contributed by atoms with E-state index in [9.17, 15) is 14.0 Å². The highest BCUT2D eigenvalue weighted by Crippen LogP contribution is 2.30. The number of halogens is 1. The zero-order valence-corrected chi connectivity index (χ0v) is 10.5. The Balaban J connectivity index is 1.96. The van der Waals surface area contributed by atoms with Gasteiger partial charge in [-0.25, -0.2) is 9.18 Å². The number of rotatable bonds is 2. The van der Waals surface area contributed by atoms with Crippen LogP contribution in [0.5, 0.6) is 0 Å². The average molecular weight is 257 g/mol. The average Bonchev–Trinajstić information content (AvgIpc) is 2.59. The molecule has 0 aromatic carbocycles. The summed E-state index contributed by atoms with van der Waals surface area (Å²) in [6.45, 7) is -0.0458. The van der Waals surface area contributed by atoms with Gasteiger partial charge in [0.2, 0.25) is 11.6 Å². The Bertz CT molecular complexity index is 339. The molecule has 0 aromatic heterocycles. The number of carbonyl (C=O) groups is 2. The number of alkyl halides is 1. The van der Waals surface area contributed by atoms with Crippen molar-refractivity contribution in [1.29, 1.82) is 0 Å². The smallest absolute Gasteiger partial charge is 0.343 e. The molecule has 102 valence electrons. The summed E-state index contributed by atoms with van der Waals surface area (Å²) in [5.74, 6) is -1.51. The summed E-state index contributed by atoms with van der Waals surface area (Å²) >= 11 is 0. The van der Waals surface area contributed by atoms with Crippen molar-refractivity contribution in [2.24, 2.45) is 5.92 Å². The first-order valence-corrected chi connectivity index (χ1v) is 6.74. The number of amides is 1. The van der Waals surface area contributed by atoms with Crippen LogP contribution in [0.15, 0.2) is 0 Å². The summed E-state index contributed by atoms with van der Waals surface area (Å²) in [6.07, 6.45) is 6.05. The van der Waals surface area contributed by atoms with Crippen LogP contribution in [0.3, 0.4) is 0 Å². The van der Waals surface area contributed by atoms with Crippen LogP contribution in [-0.2, 0) is 9.59 Å². The van der Waals surface area contributed by atoms with Crippen molar-refractivity contribution < 1.29 is 19.1 Å². The fraction of sp³-hybridized carbons (Fsp3) is 0.846. The first kappa shape index (κ1) is 13.3. The third kappa shape index (κ3) is 2.65. The summed E-state index contributed by atoms with van der Waals surface area (Å²) in [5, 5.41) is 8.81. The Labute approximate surface area is 106 Å². The van der Waals surface area contributed by atoms with Gasteiger partial charge in [0.15, 0.2) is 0 Å². The molecule has 0 spiro atoms. The van der Waals surface area contributed by atoms with Gasteiger partial charge in [0.1, 0.15) is 0 Å². The lowest BCUT2D eigenvalue weighted by Crippen LogP contribution is -2.40. The van der Waals surface area contributed by atoms with Gasteiger partial charge in [-0.3, -0.25) is 4.79 Å². The van der Waals surface area contributed by atoms with Crippen molar-refractivity contribution in [3.05, 3.63) is 0 Å². The van der Waals surface area contributed by atoms with E-state index >= 15 is 0 Å². The molecule has 1 saturated heterocycles. The largest absolute Gasteiger partial charge is 0.479 e. The zero-order valence-electron chi connectivity index (χ0n) is 10.5. The maximum absolute atomic E-state index is 13.9. The summed E-state index contributed by atoms with van der Waals surface area (Å²) in [4.78, 5) is 24.4. The predicted octanol–water partition coefficient (Wildman–Crippen LogP) is 1.98. The number of aliphatic carboxylic acids is 1. The molecule has 18 heavy (non-hydrogen) atoms. The fourth-order valence-corrected chi connectivity index (χ4v) is 2.92. The molecule has 1 aliphatic heterocycles. The van der Waals surface area contributed by atoms with E-state index in [1.807, 2.05) is 0 Å². The number of likely N-dealkylation sites (tertiary alicyclic amines) is 1. The van der Waals surface area contributed by atoms with Crippen molar-refractivity contribution in [1.82, 2.24) is 4.90 Å². The van der Waals surface area contributed by atoms with Gasteiger partial charge in [0.25, 0.3) is 0 Å². The van der Waals surface area contributed by atoms with E-state index in [0.29, 0.717) is 0 Å². The topological polar surface area (TPSA) is 57.6 Å². The van der Waals surface area contributed by atoms with Crippen LogP contribution in [0.25, 0.3) is 0 Å². The van der Waals surface area contributed by atoms with Crippen LogP contribution in [0.2, 0.25) is 0 Å². The second-order valence-electron chi connectivity index (χ2n) is 5.47. The highest BCUT2D eigenvalue weighted by Gasteiger charge is 2.47. The van der Waals surface area contributed by atoms with Crippen LogP contribution >= 0.6 is 0 Å². The van der Waals surface area contributed by atoms with Crippen molar-refractivity contribution in [3.8, 4) is 0 Å². The number of carboxylic acids is 1. The lowest BCUT2D eigenvalue weighted by molar-refractivity contribution is -0.150. The van der Waals surface area contributed by atoms with Crippen LogP contribution in [-0.4, -0.2) is 40.6 Å². The molecule has 1 saturated carbocycles. The van der Waals surface area contributed by atoms with Gasteiger partial charge in [-0.2, -0.15) is 0 Å². The minimum Gasteiger partial charge on any atom is -0.479 e. The number of hydrogen-bond donors (Lipinski definition) is 1. The summed E-state index contributed by atoms with van der Waals surface area (Å²) < 4.78 is 13.9. The number of carboxylic acid groups (broad SMARTS) is 1. The lowest BCUT2D eigenvalue weighted by atomic mass is 9.99. The van der Waals surface area contributed by atoms with Crippen LogP contribution in [0, 0.1) is 5.92 Å². The van der Waals surface area contributed by atoms with Crippen molar-refractivity contribution in [3.63, 3.8) is 0 Å². The molecule has 2 fully saturated rings. The zero-order chi connectivity index (χ0) is 13.2. The molecule has 2 aliphatic rings. The lowest BCUT2D eigenvalue weighted by Gasteiger charge is -2.23. The molecule has 0 aromatic rings. The Hall–Kier alpha value is -1.13. The first-order chi connectivity index (χ1) is 8.53. The quantitative estimate of drug-likeness (QED) is 0.769. The van der Waals surface area contributed by atoms with Gasteiger partial charge in [-0.1, -0.05) is 25.7 Å². The molecule has 1 unspecified atom stereocenters. The van der Waals surface area contributed by atoms with E-state index in [0.717, 1.165) is 38.5 Å². The molecule has 0 bridgehead atoms. The van der Waals surface area contributed by atoms with E-state index < -0.39 is 11.6 Å². The Morgan fingerprint density at radius 1 is 1.17 bits per heavy atom. The highest BCUT2D eigenvalue weighted by atomic mass is 19.1. The third-order valence-electron chi connectivity index (χ3n) is 4.12. The van der Waals surface area contributed by atoms with Crippen LogP contribution in [0.1, 0.15) is 44.9 Å². The molecule has 0 radical (unpaired) electrons. The van der Waals surface area contributed by atoms with Gasteiger partial charge in [0, 0.05) is 18.9 Å². The molecular weight excluding hydrogens is 237 g/mol. The molecule has 4 nitrogen and oxygen atoms in total. The molecule has 1 amide bonds. The normalized spacial score (nSPS) is 30.2. The van der Waals surface area contributed by atoms with E-state index in [-0.39, 0.29) is 31.3 Å². The molecule has 1 atom stereocenters. The highest BCUT2D eigenvalue weighted by molar-refractivity contribution is 5.83. The standard InChI is InChI=1S/C13H20FNO3/c14-13(12(17)18)7-8-15(9-13)11(16)10-5-3-1-2-4-6-10/h10H,1-9H2,(H,17,18). The fourth-order valence-electron chi connectivity index (χ4n) is 2.92. The van der Waals surface area contributed by atoms with Crippen LogP contribution in [0.4, 0.5) is 4.39 Å². The second-order valence-corrected chi connectivity index (χ2v) is 5.47. The van der Waals surface area contributed by atoms with Gasteiger partial charge < -0.3 is 10.0 Å². The Kier molecular flexibility index (Phi) is 3.88. The number of hydrogen-bond acceptors (Lipinski definition) is 2. The molecule has 1 aliphatic carbocycles. The first-order valence-electron chi connectivity index (χ1n) is 6.74. The Morgan fingerprint density at radius 2 is 1.78 bits per heavy atom. The van der Waals surface area contributed by atoms with Crippen molar-refractivity contribution in [2.45, 2.75) is 50.6 Å². The molecule has 1 heterocycles. The van der Waals surface area contributed by atoms with Gasteiger partial charge in [-0.15, -0.1) is 0 Å².